The maximum Gasteiger partial charge on any atom is 0.199 e. The van der Waals surface area contributed by atoms with Gasteiger partial charge in [0.1, 0.15) is 11.6 Å². The molecule has 0 atom stereocenters. The Labute approximate surface area is 166 Å². The molecule has 0 spiro atoms. The fraction of sp³-hybridized carbons (Fsp3) is 0.0455. The third-order valence-corrected chi connectivity index (χ3v) is 4.89. The van der Waals surface area contributed by atoms with Crippen molar-refractivity contribution in [2.75, 3.05) is 7.11 Å². The van der Waals surface area contributed by atoms with Gasteiger partial charge in [-0.3, -0.25) is 4.57 Å². The average molecular weight is 387 g/mol. The number of halogens is 1. The van der Waals surface area contributed by atoms with Crippen LogP contribution in [0.1, 0.15) is 0 Å². The largest absolute Gasteiger partial charge is 0.495 e. The van der Waals surface area contributed by atoms with Gasteiger partial charge in [0.05, 0.1) is 28.9 Å². The minimum absolute atomic E-state index is 0.523. The van der Waals surface area contributed by atoms with Crippen molar-refractivity contribution in [1.29, 1.82) is 0 Å². The minimum atomic E-state index is 0.523. The molecule has 5 nitrogen and oxygen atoms in total. The molecule has 28 heavy (non-hydrogen) atoms. The topological polar surface area (TPSA) is 52.8 Å². The van der Waals surface area contributed by atoms with E-state index in [0.29, 0.717) is 22.1 Å². The predicted molar refractivity (Wildman–Crippen MR) is 111 cm³/mol. The number of rotatable bonds is 3. The lowest BCUT2D eigenvalue weighted by Crippen LogP contribution is -2.00. The second-order valence-electron chi connectivity index (χ2n) is 6.32. The maximum atomic E-state index is 6.40. The number of ether oxygens (including phenoxy) is 1. The molecule has 0 saturated carbocycles. The van der Waals surface area contributed by atoms with Gasteiger partial charge in [0.2, 0.25) is 0 Å². The number of imidazole rings is 1. The van der Waals surface area contributed by atoms with E-state index in [4.69, 9.17) is 31.3 Å². The van der Waals surface area contributed by atoms with Gasteiger partial charge < -0.3 is 4.74 Å². The number of methoxy groups -OCH3 is 1. The molecule has 0 aliphatic rings. The van der Waals surface area contributed by atoms with Gasteiger partial charge in [0, 0.05) is 5.56 Å². The highest BCUT2D eigenvalue weighted by Gasteiger charge is 2.18. The fourth-order valence-electron chi connectivity index (χ4n) is 3.28. The number of fused-ring (bicyclic) bond motifs is 2. The van der Waals surface area contributed by atoms with Crippen LogP contribution in [0.25, 0.3) is 39.4 Å². The molecule has 0 saturated heterocycles. The van der Waals surface area contributed by atoms with Crippen molar-refractivity contribution in [3.05, 3.63) is 77.8 Å². The second kappa shape index (κ2) is 6.62. The Bertz CT molecular complexity index is 1310. The number of benzene rings is 3. The third kappa shape index (κ3) is 2.68. The first-order valence-corrected chi connectivity index (χ1v) is 9.17. The van der Waals surface area contributed by atoms with E-state index < -0.39 is 0 Å². The molecule has 3 aromatic carbocycles. The van der Waals surface area contributed by atoms with Crippen LogP contribution in [0.5, 0.6) is 5.75 Å². The number of aromatic nitrogens is 4. The Balaban J connectivity index is 1.86. The van der Waals surface area contributed by atoms with E-state index in [1.54, 1.807) is 7.11 Å². The summed E-state index contributed by atoms with van der Waals surface area (Å²) in [5, 5.41) is 0.523. The van der Waals surface area contributed by atoms with Gasteiger partial charge in [0.15, 0.2) is 11.3 Å². The standard InChI is InChI=1S/C22H15ClN4O/c1-28-19-12-11-15(13-16(19)23)27-21(14-7-3-2-4-8-14)26-20-22(27)25-18-10-6-5-9-17(18)24-20/h2-13H,1H3. The van der Waals surface area contributed by atoms with Gasteiger partial charge in [-0.05, 0) is 30.3 Å². The average Bonchev–Trinajstić information content (AvgIpc) is 3.11. The zero-order valence-electron chi connectivity index (χ0n) is 15.0. The first-order valence-electron chi connectivity index (χ1n) is 8.79. The number of hydrogen-bond donors (Lipinski definition) is 0. The summed E-state index contributed by atoms with van der Waals surface area (Å²) < 4.78 is 7.27. The summed E-state index contributed by atoms with van der Waals surface area (Å²) in [4.78, 5) is 14.3. The minimum Gasteiger partial charge on any atom is -0.495 e. The first kappa shape index (κ1) is 16.7. The van der Waals surface area contributed by atoms with Crippen LogP contribution >= 0.6 is 11.6 Å². The van der Waals surface area contributed by atoms with Crippen molar-refractivity contribution >= 4 is 33.9 Å². The summed E-state index contributed by atoms with van der Waals surface area (Å²) in [6, 6.07) is 23.4. The Morgan fingerprint density at radius 3 is 2.25 bits per heavy atom. The Kier molecular flexibility index (Phi) is 3.95. The first-order chi connectivity index (χ1) is 13.7. The molecule has 5 rings (SSSR count). The molecule has 0 N–H and O–H groups in total. The SMILES string of the molecule is COc1ccc(-n2c(-c3ccccc3)nc3nc4ccccc4nc32)cc1Cl. The third-order valence-electron chi connectivity index (χ3n) is 4.60. The van der Waals surface area contributed by atoms with E-state index in [9.17, 15) is 0 Å². The predicted octanol–water partition coefficient (Wildman–Crippen LogP) is 5.30. The van der Waals surface area contributed by atoms with Crippen LogP contribution in [0, 0.1) is 0 Å². The highest BCUT2D eigenvalue weighted by atomic mass is 35.5. The molecular formula is C22H15ClN4O. The summed E-state index contributed by atoms with van der Waals surface area (Å²) >= 11 is 6.40. The van der Waals surface area contributed by atoms with Gasteiger partial charge in [-0.1, -0.05) is 54.1 Å². The molecule has 2 heterocycles. The van der Waals surface area contributed by atoms with Crippen molar-refractivity contribution in [1.82, 2.24) is 19.5 Å². The van der Waals surface area contributed by atoms with Crippen molar-refractivity contribution in [2.45, 2.75) is 0 Å². The smallest absolute Gasteiger partial charge is 0.199 e. The zero-order valence-corrected chi connectivity index (χ0v) is 15.8. The molecular weight excluding hydrogens is 372 g/mol. The van der Waals surface area contributed by atoms with Crippen molar-refractivity contribution in [3.63, 3.8) is 0 Å². The van der Waals surface area contributed by atoms with Crippen molar-refractivity contribution < 1.29 is 4.74 Å². The summed E-state index contributed by atoms with van der Waals surface area (Å²) in [5.41, 5.74) is 4.71. The molecule has 136 valence electrons. The molecule has 0 aliphatic carbocycles. The van der Waals surface area contributed by atoms with E-state index >= 15 is 0 Å². The van der Waals surface area contributed by atoms with E-state index in [0.717, 1.165) is 28.1 Å². The molecule has 0 unspecified atom stereocenters. The van der Waals surface area contributed by atoms with Gasteiger partial charge in [-0.25, -0.2) is 15.0 Å². The summed E-state index contributed by atoms with van der Waals surface area (Å²) in [6.07, 6.45) is 0. The van der Waals surface area contributed by atoms with E-state index in [1.165, 1.54) is 0 Å². The van der Waals surface area contributed by atoms with Crippen LogP contribution < -0.4 is 4.74 Å². The van der Waals surface area contributed by atoms with Crippen LogP contribution in [0.3, 0.4) is 0 Å². The van der Waals surface area contributed by atoms with Crippen molar-refractivity contribution in [3.8, 4) is 22.8 Å². The molecule has 0 bridgehead atoms. The number of para-hydroxylation sites is 2. The van der Waals surface area contributed by atoms with Crippen LogP contribution in [0.4, 0.5) is 0 Å². The molecule has 2 aromatic heterocycles. The van der Waals surface area contributed by atoms with E-state index in [1.807, 2.05) is 77.4 Å². The Hall–Kier alpha value is -3.44. The van der Waals surface area contributed by atoms with Crippen LogP contribution in [0.15, 0.2) is 72.8 Å². The highest BCUT2D eigenvalue weighted by Crippen LogP contribution is 2.32. The highest BCUT2D eigenvalue weighted by molar-refractivity contribution is 6.32. The molecule has 6 heteroatoms. The fourth-order valence-corrected chi connectivity index (χ4v) is 3.53. The normalized spacial score (nSPS) is 11.2. The van der Waals surface area contributed by atoms with Gasteiger partial charge in [0.25, 0.3) is 0 Å². The lowest BCUT2D eigenvalue weighted by atomic mass is 10.2. The van der Waals surface area contributed by atoms with E-state index in [2.05, 4.69) is 0 Å². The van der Waals surface area contributed by atoms with Gasteiger partial charge in [-0.15, -0.1) is 0 Å². The summed E-state index contributed by atoms with van der Waals surface area (Å²) in [6.45, 7) is 0. The van der Waals surface area contributed by atoms with Crippen molar-refractivity contribution in [2.24, 2.45) is 0 Å². The summed E-state index contributed by atoms with van der Waals surface area (Å²) in [7, 11) is 1.60. The monoisotopic (exact) mass is 386 g/mol. The summed E-state index contributed by atoms with van der Waals surface area (Å²) in [5.74, 6) is 1.37. The van der Waals surface area contributed by atoms with Crippen LogP contribution in [-0.2, 0) is 0 Å². The molecule has 0 amide bonds. The quantitative estimate of drug-likeness (QED) is 0.422. The number of hydrogen-bond acceptors (Lipinski definition) is 4. The van der Waals surface area contributed by atoms with E-state index in [-0.39, 0.29) is 0 Å². The molecule has 5 aromatic rings. The maximum absolute atomic E-state index is 6.40. The zero-order chi connectivity index (χ0) is 19.1. The Morgan fingerprint density at radius 2 is 1.54 bits per heavy atom. The lowest BCUT2D eigenvalue weighted by molar-refractivity contribution is 0.415. The van der Waals surface area contributed by atoms with Gasteiger partial charge in [-0.2, -0.15) is 0 Å². The molecule has 0 radical (unpaired) electrons. The number of nitrogens with zero attached hydrogens (tertiary/aromatic N) is 4. The Morgan fingerprint density at radius 1 is 0.821 bits per heavy atom. The van der Waals surface area contributed by atoms with Gasteiger partial charge >= 0.3 is 0 Å². The molecule has 0 aliphatic heterocycles. The van der Waals surface area contributed by atoms with Crippen LogP contribution in [-0.4, -0.2) is 26.6 Å². The lowest BCUT2D eigenvalue weighted by Gasteiger charge is -2.11. The van der Waals surface area contributed by atoms with Crippen LogP contribution in [0.2, 0.25) is 5.02 Å². The second-order valence-corrected chi connectivity index (χ2v) is 6.72. The molecule has 0 fully saturated rings.